The van der Waals surface area contributed by atoms with Gasteiger partial charge < -0.3 is 20.3 Å². The lowest BCUT2D eigenvalue weighted by atomic mass is 9.93. The number of ether oxygens (including phenoxy) is 1. The molecule has 1 aromatic heterocycles. The predicted octanol–water partition coefficient (Wildman–Crippen LogP) is 3.94. The summed E-state index contributed by atoms with van der Waals surface area (Å²) in [6.07, 6.45) is 5.29. The summed E-state index contributed by atoms with van der Waals surface area (Å²) in [7, 11) is 0. The maximum absolute atomic E-state index is 12.3. The number of aromatic nitrogens is 2. The lowest BCUT2D eigenvalue weighted by Crippen LogP contribution is -2.36. The fourth-order valence-corrected chi connectivity index (χ4v) is 3.67. The molecular weight excluding hydrogens is 366 g/mol. The SMILES string of the molecule is CCNc1cc(N2CCC[C@@H](CCC(=O)Nc3ccc(OCC)cc3)C2)ncn1. The van der Waals surface area contributed by atoms with Gasteiger partial charge in [0.15, 0.2) is 0 Å². The van der Waals surface area contributed by atoms with E-state index >= 15 is 0 Å². The summed E-state index contributed by atoms with van der Waals surface area (Å²) in [5.41, 5.74) is 0.806. The van der Waals surface area contributed by atoms with E-state index in [1.54, 1.807) is 6.33 Å². The van der Waals surface area contributed by atoms with Crippen molar-refractivity contribution < 1.29 is 9.53 Å². The smallest absolute Gasteiger partial charge is 0.224 e. The number of rotatable bonds is 9. The molecule has 0 radical (unpaired) electrons. The highest BCUT2D eigenvalue weighted by atomic mass is 16.5. The summed E-state index contributed by atoms with van der Waals surface area (Å²) >= 11 is 0. The van der Waals surface area contributed by atoms with Gasteiger partial charge in [0.1, 0.15) is 23.7 Å². The second kappa shape index (κ2) is 10.6. The molecule has 7 nitrogen and oxygen atoms in total. The maximum atomic E-state index is 12.3. The standard InChI is InChI=1S/C22H31N5O2/c1-3-23-20-14-21(25-16-24-20)27-13-5-6-17(15-27)7-12-22(28)26-18-8-10-19(11-9-18)29-4-2/h8-11,14,16-17H,3-7,12-13,15H2,1-2H3,(H,26,28)(H,23,24,25)/t17-/m0/s1. The van der Waals surface area contributed by atoms with Crippen LogP contribution in [0.25, 0.3) is 0 Å². The molecule has 156 valence electrons. The van der Waals surface area contributed by atoms with Gasteiger partial charge in [-0.2, -0.15) is 0 Å². The molecule has 0 unspecified atom stereocenters. The zero-order valence-electron chi connectivity index (χ0n) is 17.4. The van der Waals surface area contributed by atoms with Crippen molar-refractivity contribution in [2.24, 2.45) is 5.92 Å². The molecule has 2 N–H and O–H groups in total. The van der Waals surface area contributed by atoms with Gasteiger partial charge in [-0.15, -0.1) is 0 Å². The minimum Gasteiger partial charge on any atom is -0.494 e. The van der Waals surface area contributed by atoms with Gasteiger partial charge in [0.05, 0.1) is 6.61 Å². The third-order valence-corrected chi connectivity index (χ3v) is 5.08. The first-order valence-electron chi connectivity index (χ1n) is 10.5. The van der Waals surface area contributed by atoms with E-state index in [1.165, 1.54) is 0 Å². The molecule has 0 bridgehead atoms. The Morgan fingerprint density at radius 3 is 2.83 bits per heavy atom. The van der Waals surface area contributed by atoms with E-state index in [1.807, 2.05) is 37.3 Å². The van der Waals surface area contributed by atoms with E-state index in [4.69, 9.17) is 4.74 Å². The minimum absolute atomic E-state index is 0.0581. The zero-order valence-corrected chi connectivity index (χ0v) is 17.4. The van der Waals surface area contributed by atoms with Crippen molar-refractivity contribution in [3.63, 3.8) is 0 Å². The number of amides is 1. The quantitative estimate of drug-likeness (QED) is 0.667. The molecular formula is C22H31N5O2. The van der Waals surface area contributed by atoms with Crippen molar-refractivity contribution in [3.8, 4) is 5.75 Å². The Hall–Kier alpha value is -2.83. The van der Waals surface area contributed by atoms with Crippen LogP contribution in [0.2, 0.25) is 0 Å². The van der Waals surface area contributed by atoms with Crippen molar-refractivity contribution in [1.29, 1.82) is 0 Å². The summed E-state index contributed by atoms with van der Waals surface area (Å²) in [5, 5.41) is 6.21. The van der Waals surface area contributed by atoms with E-state index in [-0.39, 0.29) is 5.91 Å². The molecule has 0 saturated carbocycles. The van der Waals surface area contributed by atoms with Crippen molar-refractivity contribution in [2.45, 2.75) is 39.5 Å². The van der Waals surface area contributed by atoms with Crippen molar-refractivity contribution in [2.75, 3.05) is 41.8 Å². The third-order valence-electron chi connectivity index (χ3n) is 5.08. The van der Waals surface area contributed by atoms with Crippen LogP contribution in [0.5, 0.6) is 5.75 Å². The van der Waals surface area contributed by atoms with Gasteiger partial charge >= 0.3 is 0 Å². The molecule has 1 aliphatic heterocycles. The third kappa shape index (κ3) is 6.34. The molecule has 1 saturated heterocycles. The van der Waals surface area contributed by atoms with Crippen LogP contribution in [0.15, 0.2) is 36.7 Å². The van der Waals surface area contributed by atoms with Crippen molar-refractivity contribution in [1.82, 2.24) is 9.97 Å². The van der Waals surface area contributed by atoms with Gasteiger partial charge in [-0.3, -0.25) is 4.79 Å². The van der Waals surface area contributed by atoms with Crippen LogP contribution in [0, 0.1) is 5.92 Å². The molecule has 2 aromatic rings. The van der Waals surface area contributed by atoms with Gasteiger partial charge in [0.25, 0.3) is 0 Å². The Balaban J connectivity index is 1.47. The highest BCUT2D eigenvalue weighted by Gasteiger charge is 2.22. The minimum atomic E-state index is 0.0581. The second-order valence-electron chi connectivity index (χ2n) is 7.29. The Morgan fingerprint density at radius 2 is 2.07 bits per heavy atom. The predicted molar refractivity (Wildman–Crippen MR) is 117 cm³/mol. The Morgan fingerprint density at radius 1 is 1.24 bits per heavy atom. The monoisotopic (exact) mass is 397 g/mol. The fraction of sp³-hybridized carbons (Fsp3) is 0.500. The molecule has 0 spiro atoms. The van der Waals surface area contributed by atoms with Crippen LogP contribution in [0.3, 0.4) is 0 Å². The van der Waals surface area contributed by atoms with Crippen LogP contribution in [0.4, 0.5) is 17.3 Å². The molecule has 29 heavy (non-hydrogen) atoms. The summed E-state index contributed by atoms with van der Waals surface area (Å²) < 4.78 is 5.43. The van der Waals surface area contributed by atoms with Gasteiger partial charge in [-0.1, -0.05) is 0 Å². The number of nitrogens with zero attached hydrogens (tertiary/aromatic N) is 3. The molecule has 3 rings (SSSR count). The van der Waals surface area contributed by atoms with E-state index in [2.05, 4.69) is 32.4 Å². The van der Waals surface area contributed by atoms with E-state index in [0.717, 1.165) is 62.0 Å². The fourth-order valence-electron chi connectivity index (χ4n) is 3.67. The van der Waals surface area contributed by atoms with Crippen LogP contribution in [-0.4, -0.2) is 42.1 Å². The average Bonchev–Trinajstić information content (AvgIpc) is 2.75. The highest BCUT2D eigenvalue weighted by molar-refractivity contribution is 5.90. The van der Waals surface area contributed by atoms with Crippen LogP contribution in [0.1, 0.15) is 39.5 Å². The Bertz CT molecular complexity index is 781. The van der Waals surface area contributed by atoms with Gasteiger partial charge in [0.2, 0.25) is 5.91 Å². The van der Waals surface area contributed by atoms with Crippen LogP contribution < -0.4 is 20.3 Å². The Labute approximate surface area is 172 Å². The van der Waals surface area contributed by atoms with Gasteiger partial charge in [-0.25, -0.2) is 9.97 Å². The van der Waals surface area contributed by atoms with Crippen LogP contribution >= 0.6 is 0 Å². The first-order chi connectivity index (χ1) is 14.2. The summed E-state index contributed by atoms with van der Waals surface area (Å²) in [6, 6.07) is 9.51. The average molecular weight is 398 g/mol. The van der Waals surface area contributed by atoms with E-state index < -0.39 is 0 Å². The lowest BCUT2D eigenvalue weighted by molar-refractivity contribution is -0.116. The van der Waals surface area contributed by atoms with E-state index in [0.29, 0.717) is 18.9 Å². The number of hydrogen-bond acceptors (Lipinski definition) is 6. The molecule has 2 heterocycles. The maximum Gasteiger partial charge on any atom is 0.224 e. The first kappa shape index (κ1) is 20.9. The summed E-state index contributed by atoms with van der Waals surface area (Å²) in [5.74, 6) is 3.18. The molecule has 1 aliphatic rings. The van der Waals surface area contributed by atoms with Crippen molar-refractivity contribution in [3.05, 3.63) is 36.7 Å². The summed E-state index contributed by atoms with van der Waals surface area (Å²) in [4.78, 5) is 23.3. The zero-order chi connectivity index (χ0) is 20.5. The number of anilines is 3. The number of carbonyl (C=O) groups excluding carboxylic acids is 1. The molecule has 1 fully saturated rings. The normalized spacial score (nSPS) is 16.3. The molecule has 0 aliphatic carbocycles. The number of piperidine rings is 1. The van der Waals surface area contributed by atoms with Gasteiger partial charge in [-0.05, 0) is 63.3 Å². The molecule has 1 aromatic carbocycles. The molecule has 1 amide bonds. The topological polar surface area (TPSA) is 79.4 Å². The number of hydrogen-bond donors (Lipinski definition) is 2. The van der Waals surface area contributed by atoms with E-state index in [9.17, 15) is 4.79 Å². The molecule has 1 atom stereocenters. The Kier molecular flexibility index (Phi) is 7.67. The lowest BCUT2D eigenvalue weighted by Gasteiger charge is -2.33. The van der Waals surface area contributed by atoms with Crippen LogP contribution in [-0.2, 0) is 4.79 Å². The number of benzene rings is 1. The summed E-state index contributed by atoms with van der Waals surface area (Å²) in [6.45, 7) is 7.40. The highest BCUT2D eigenvalue weighted by Crippen LogP contribution is 2.26. The number of carbonyl (C=O) groups is 1. The van der Waals surface area contributed by atoms with Crippen molar-refractivity contribution >= 4 is 23.2 Å². The molecule has 7 heteroatoms. The largest absolute Gasteiger partial charge is 0.494 e. The van der Waals surface area contributed by atoms with Gasteiger partial charge in [0, 0.05) is 37.8 Å². The second-order valence-corrected chi connectivity index (χ2v) is 7.29. The number of nitrogens with one attached hydrogen (secondary N) is 2. The first-order valence-corrected chi connectivity index (χ1v) is 10.5.